The van der Waals surface area contributed by atoms with Crippen LogP contribution in [0.25, 0.3) is 0 Å². The smallest absolute Gasteiger partial charge is 0.335 e. The minimum Gasteiger partial charge on any atom is -0.478 e. The van der Waals surface area contributed by atoms with Crippen LogP contribution in [0.3, 0.4) is 0 Å². The number of carboxylic acids is 1. The average Bonchev–Trinajstić information content (AvgIpc) is 2.85. The van der Waals surface area contributed by atoms with Crippen LogP contribution in [0.5, 0.6) is 0 Å². The van der Waals surface area contributed by atoms with Crippen molar-refractivity contribution >= 4 is 29.2 Å². The van der Waals surface area contributed by atoms with E-state index in [0.717, 1.165) is 0 Å². The Labute approximate surface area is 106 Å². The number of carboxylic acid groups (broad SMARTS) is 1. The van der Waals surface area contributed by atoms with Gasteiger partial charge in [0.15, 0.2) is 5.69 Å². The summed E-state index contributed by atoms with van der Waals surface area (Å²) < 4.78 is 0. The molecule has 1 heterocycles. The second-order valence-corrected chi connectivity index (χ2v) is 3.72. The third kappa shape index (κ3) is 2.46. The predicted octanol–water partition coefficient (Wildman–Crippen LogP) is 1.41. The number of halogens is 1. The van der Waals surface area contributed by atoms with E-state index in [0.29, 0.717) is 0 Å². The zero-order valence-corrected chi connectivity index (χ0v) is 9.60. The van der Waals surface area contributed by atoms with E-state index in [2.05, 4.69) is 20.7 Å². The Morgan fingerprint density at radius 1 is 1.39 bits per heavy atom. The average molecular weight is 267 g/mol. The molecule has 0 unspecified atom stereocenters. The summed E-state index contributed by atoms with van der Waals surface area (Å²) in [5, 5.41) is 20.9. The Morgan fingerprint density at radius 3 is 2.78 bits per heavy atom. The number of aromatic amines is 1. The largest absolute Gasteiger partial charge is 0.478 e. The fourth-order valence-electron chi connectivity index (χ4n) is 1.25. The molecule has 1 amide bonds. The summed E-state index contributed by atoms with van der Waals surface area (Å²) in [5.41, 5.74) is 0.297. The number of nitrogens with one attached hydrogen (secondary N) is 2. The van der Waals surface area contributed by atoms with Crippen molar-refractivity contribution in [2.24, 2.45) is 0 Å². The molecule has 18 heavy (non-hydrogen) atoms. The molecule has 1 aromatic carbocycles. The standard InChI is InChI=1S/C10H7ClN4O3/c11-6-2-1-5(10(17)18)3-7(6)13-9(16)8-4-12-15-14-8/h1-4H,(H,13,16)(H,17,18)(H,12,14,15). The Morgan fingerprint density at radius 2 is 2.17 bits per heavy atom. The minimum absolute atomic E-state index is 0.0230. The van der Waals surface area contributed by atoms with Gasteiger partial charge in [-0.05, 0) is 18.2 Å². The maximum Gasteiger partial charge on any atom is 0.335 e. The minimum atomic E-state index is -1.11. The molecule has 0 fully saturated rings. The number of aromatic nitrogens is 3. The SMILES string of the molecule is O=C(O)c1ccc(Cl)c(NC(=O)c2cn[nH]n2)c1. The van der Waals surface area contributed by atoms with Crippen molar-refractivity contribution in [3.8, 4) is 0 Å². The van der Waals surface area contributed by atoms with Crippen LogP contribution in [-0.4, -0.2) is 32.4 Å². The molecule has 0 bridgehead atoms. The molecule has 0 saturated heterocycles. The van der Waals surface area contributed by atoms with Crippen LogP contribution in [0.15, 0.2) is 24.4 Å². The maximum atomic E-state index is 11.7. The molecule has 0 saturated carbocycles. The molecular weight excluding hydrogens is 260 g/mol. The van der Waals surface area contributed by atoms with Crippen molar-refractivity contribution in [3.05, 3.63) is 40.7 Å². The first-order valence-electron chi connectivity index (χ1n) is 4.78. The molecular formula is C10H7ClN4O3. The number of nitrogens with zero attached hydrogens (tertiary/aromatic N) is 2. The predicted molar refractivity (Wildman–Crippen MR) is 62.7 cm³/mol. The van der Waals surface area contributed by atoms with Crippen molar-refractivity contribution in [2.45, 2.75) is 0 Å². The fraction of sp³-hybridized carbons (Fsp3) is 0. The van der Waals surface area contributed by atoms with Crippen LogP contribution in [0, 0.1) is 0 Å². The third-order valence-electron chi connectivity index (χ3n) is 2.11. The highest BCUT2D eigenvalue weighted by atomic mass is 35.5. The monoisotopic (exact) mass is 266 g/mol. The second-order valence-electron chi connectivity index (χ2n) is 3.31. The van der Waals surface area contributed by atoms with Crippen molar-refractivity contribution in [3.63, 3.8) is 0 Å². The molecule has 0 aliphatic rings. The van der Waals surface area contributed by atoms with E-state index in [9.17, 15) is 9.59 Å². The van der Waals surface area contributed by atoms with Gasteiger partial charge in [0, 0.05) is 0 Å². The molecule has 2 rings (SSSR count). The first-order valence-corrected chi connectivity index (χ1v) is 5.15. The lowest BCUT2D eigenvalue weighted by Gasteiger charge is -2.06. The molecule has 2 aromatic rings. The fourth-order valence-corrected chi connectivity index (χ4v) is 1.42. The van der Waals surface area contributed by atoms with E-state index in [1.54, 1.807) is 0 Å². The van der Waals surface area contributed by atoms with Crippen molar-refractivity contribution in [1.82, 2.24) is 15.4 Å². The number of aromatic carboxylic acids is 1. The highest BCUT2D eigenvalue weighted by Gasteiger charge is 2.13. The molecule has 3 N–H and O–H groups in total. The lowest BCUT2D eigenvalue weighted by Crippen LogP contribution is -2.13. The van der Waals surface area contributed by atoms with Crippen LogP contribution < -0.4 is 5.32 Å². The first-order chi connectivity index (χ1) is 8.58. The van der Waals surface area contributed by atoms with Gasteiger partial charge < -0.3 is 10.4 Å². The summed E-state index contributed by atoms with van der Waals surface area (Å²) >= 11 is 5.85. The number of carbonyl (C=O) groups excluding carboxylic acids is 1. The van der Waals surface area contributed by atoms with E-state index in [1.165, 1.54) is 24.4 Å². The summed E-state index contributed by atoms with van der Waals surface area (Å²) in [6.45, 7) is 0. The number of hydrogen-bond acceptors (Lipinski definition) is 4. The van der Waals surface area contributed by atoms with Gasteiger partial charge in [0.05, 0.1) is 22.5 Å². The number of rotatable bonds is 3. The van der Waals surface area contributed by atoms with Gasteiger partial charge in [0.1, 0.15) is 0 Å². The summed E-state index contributed by atoms with van der Waals surface area (Å²) in [6.07, 6.45) is 1.24. The van der Waals surface area contributed by atoms with Gasteiger partial charge in [0.2, 0.25) is 0 Å². The van der Waals surface area contributed by atoms with E-state index in [4.69, 9.17) is 16.7 Å². The molecule has 0 spiro atoms. The van der Waals surface area contributed by atoms with Crippen molar-refractivity contribution < 1.29 is 14.7 Å². The van der Waals surface area contributed by atoms with Crippen LogP contribution in [0.2, 0.25) is 5.02 Å². The lowest BCUT2D eigenvalue weighted by atomic mass is 10.2. The quantitative estimate of drug-likeness (QED) is 0.778. The zero-order chi connectivity index (χ0) is 13.1. The molecule has 7 nitrogen and oxygen atoms in total. The number of amides is 1. The molecule has 0 radical (unpaired) electrons. The number of anilines is 1. The van der Waals surface area contributed by atoms with Gasteiger partial charge in [-0.25, -0.2) is 4.79 Å². The number of H-pyrrole nitrogens is 1. The summed E-state index contributed by atoms with van der Waals surface area (Å²) in [5.74, 6) is -1.64. The van der Waals surface area contributed by atoms with E-state index in [-0.39, 0.29) is 22.0 Å². The third-order valence-corrected chi connectivity index (χ3v) is 2.44. The molecule has 1 aromatic heterocycles. The molecule has 92 valence electrons. The highest BCUT2D eigenvalue weighted by molar-refractivity contribution is 6.34. The van der Waals surface area contributed by atoms with Gasteiger partial charge in [-0.15, -0.1) is 0 Å². The van der Waals surface area contributed by atoms with Crippen LogP contribution >= 0.6 is 11.6 Å². The molecule has 0 atom stereocenters. The molecule has 0 aliphatic carbocycles. The van der Waals surface area contributed by atoms with E-state index in [1.807, 2.05) is 0 Å². The Balaban J connectivity index is 2.26. The topological polar surface area (TPSA) is 108 Å². The van der Waals surface area contributed by atoms with Gasteiger partial charge in [-0.2, -0.15) is 15.4 Å². The first kappa shape index (κ1) is 12.1. The van der Waals surface area contributed by atoms with Crippen LogP contribution in [-0.2, 0) is 0 Å². The van der Waals surface area contributed by atoms with Gasteiger partial charge in [-0.1, -0.05) is 11.6 Å². The molecule has 8 heteroatoms. The summed E-state index contributed by atoms with van der Waals surface area (Å²) in [4.78, 5) is 22.5. The number of hydrogen-bond donors (Lipinski definition) is 3. The van der Waals surface area contributed by atoms with Crippen LogP contribution in [0.4, 0.5) is 5.69 Å². The second kappa shape index (κ2) is 4.84. The van der Waals surface area contributed by atoms with Gasteiger partial charge in [-0.3, -0.25) is 4.79 Å². The zero-order valence-electron chi connectivity index (χ0n) is 8.85. The number of benzene rings is 1. The molecule has 0 aliphatic heterocycles. The Hall–Kier alpha value is -2.41. The van der Waals surface area contributed by atoms with E-state index < -0.39 is 11.9 Å². The lowest BCUT2D eigenvalue weighted by molar-refractivity contribution is 0.0696. The van der Waals surface area contributed by atoms with Gasteiger partial charge >= 0.3 is 5.97 Å². The summed E-state index contributed by atoms with van der Waals surface area (Å²) in [6, 6.07) is 4.00. The normalized spacial score (nSPS) is 10.1. The maximum absolute atomic E-state index is 11.7. The number of carbonyl (C=O) groups is 2. The Bertz CT molecular complexity index is 597. The van der Waals surface area contributed by atoms with Gasteiger partial charge in [0.25, 0.3) is 5.91 Å². The van der Waals surface area contributed by atoms with Crippen LogP contribution in [0.1, 0.15) is 20.8 Å². The Kier molecular flexibility index (Phi) is 3.24. The van der Waals surface area contributed by atoms with Crippen molar-refractivity contribution in [1.29, 1.82) is 0 Å². The van der Waals surface area contributed by atoms with Crippen molar-refractivity contribution in [2.75, 3.05) is 5.32 Å². The summed E-state index contributed by atoms with van der Waals surface area (Å²) in [7, 11) is 0. The highest BCUT2D eigenvalue weighted by Crippen LogP contribution is 2.23. The van der Waals surface area contributed by atoms with E-state index >= 15 is 0 Å².